The minimum absolute atomic E-state index is 0. The van der Waals surface area contributed by atoms with Gasteiger partial charge in [-0.3, -0.25) is 4.90 Å². The average Bonchev–Trinajstić information content (AvgIpc) is 3.13. The lowest BCUT2D eigenvalue weighted by atomic mass is 10.0. The highest BCUT2D eigenvalue weighted by Crippen LogP contribution is 2.23. The third-order valence-corrected chi connectivity index (χ3v) is 4.11. The first-order valence-corrected chi connectivity index (χ1v) is 7.64. The molecule has 8 heteroatoms. The number of aryl methyl sites for hydroxylation is 1. The molecule has 0 aliphatic carbocycles. The fourth-order valence-electron chi connectivity index (χ4n) is 2.91. The van der Waals surface area contributed by atoms with Crippen molar-refractivity contribution in [2.24, 2.45) is 0 Å². The van der Waals surface area contributed by atoms with Gasteiger partial charge < -0.3 is 14.9 Å². The summed E-state index contributed by atoms with van der Waals surface area (Å²) in [5, 5.41) is 17.0. The van der Waals surface area contributed by atoms with Crippen molar-refractivity contribution in [2.75, 3.05) is 26.7 Å². The van der Waals surface area contributed by atoms with Crippen molar-refractivity contribution in [3.8, 4) is 11.4 Å². The highest BCUT2D eigenvalue weighted by Gasteiger charge is 2.23. The largest absolute Gasteiger partial charge is 0.392 e. The molecule has 2 atom stereocenters. The van der Waals surface area contributed by atoms with Crippen LogP contribution in [-0.2, 0) is 0 Å². The molecule has 0 saturated carbocycles. The molecular weight excluding hydrogens is 344 g/mol. The molecule has 0 amide bonds. The number of hydrogen-bond acceptors (Lipinski definition) is 6. The molecule has 3 rings (SSSR count). The van der Waals surface area contributed by atoms with E-state index in [9.17, 15) is 5.11 Å². The lowest BCUT2D eigenvalue weighted by Gasteiger charge is -2.23. The van der Waals surface area contributed by atoms with Gasteiger partial charge in [-0.05, 0) is 25.1 Å². The summed E-state index contributed by atoms with van der Waals surface area (Å²) in [5.74, 6) is 1.18. The van der Waals surface area contributed by atoms with Crippen LogP contribution in [0, 0.1) is 6.92 Å². The molecule has 2 heterocycles. The predicted octanol–water partition coefficient (Wildman–Crippen LogP) is 1.60. The summed E-state index contributed by atoms with van der Waals surface area (Å²) in [4.78, 5) is 6.57. The molecular formula is C16H26N4O2S2. The van der Waals surface area contributed by atoms with E-state index in [4.69, 9.17) is 4.52 Å². The first kappa shape index (κ1) is 21.0. The van der Waals surface area contributed by atoms with Crippen molar-refractivity contribution in [1.82, 2.24) is 20.4 Å². The standard InChI is InChI=1S/C16H22N4O2.2H2S/c1-11-18-16(19-22-11)13-5-3-4-12(8-13)15(17-2)10-20-7-6-14(21)9-20;;/h3-5,8,14-15,17,21H,6-7,9-10H2,1-2H3;2*1H2/t14-,15?;;/m1../s1. The second-order valence-corrected chi connectivity index (χ2v) is 5.81. The number of hydrogen-bond donors (Lipinski definition) is 2. The van der Waals surface area contributed by atoms with Crippen molar-refractivity contribution < 1.29 is 9.63 Å². The molecule has 1 saturated heterocycles. The smallest absolute Gasteiger partial charge is 0.223 e. The summed E-state index contributed by atoms with van der Waals surface area (Å²) in [6.45, 7) is 4.36. The summed E-state index contributed by atoms with van der Waals surface area (Å²) in [6.07, 6.45) is 0.671. The zero-order valence-corrected chi connectivity index (χ0v) is 16.0. The quantitative estimate of drug-likeness (QED) is 0.833. The minimum atomic E-state index is -0.189. The molecule has 1 aliphatic heterocycles. The number of aliphatic hydroxyl groups is 1. The van der Waals surface area contributed by atoms with Gasteiger partial charge >= 0.3 is 0 Å². The Kier molecular flexibility index (Phi) is 8.24. The van der Waals surface area contributed by atoms with Crippen molar-refractivity contribution in [2.45, 2.75) is 25.5 Å². The van der Waals surface area contributed by atoms with Crippen LogP contribution < -0.4 is 5.32 Å². The van der Waals surface area contributed by atoms with Gasteiger partial charge in [0, 0.05) is 38.2 Å². The fraction of sp³-hybridized carbons (Fsp3) is 0.500. The van der Waals surface area contributed by atoms with Crippen LogP contribution >= 0.6 is 27.0 Å². The maximum absolute atomic E-state index is 9.66. The van der Waals surface area contributed by atoms with E-state index in [2.05, 4.69) is 32.5 Å². The van der Waals surface area contributed by atoms with Gasteiger partial charge in [-0.15, -0.1) is 0 Å². The van der Waals surface area contributed by atoms with Crippen LogP contribution in [-0.4, -0.2) is 52.9 Å². The van der Waals surface area contributed by atoms with E-state index in [0.29, 0.717) is 11.7 Å². The molecule has 2 aromatic rings. The van der Waals surface area contributed by atoms with Gasteiger partial charge in [0.1, 0.15) is 0 Å². The molecule has 1 unspecified atom stereocenters. The van der Waals surface area contributed by atoms with Gasteiger partial charge in [0.25, 0.3) is 0 Å². The van der Waals surface area contributed by atoms with Crippen LogP contribution in [0.25, 0.3) is 11.4 Å². The molecule has 0 bridgehead atoms. The second kappa shape index (κ2) is 9.43. The van der Waals surface area contributed by atoms with E-state index in [0.717, 1.165) is 31.6 Å². The highest BCUT2D eigenvalue weighted by molar-refractivity contribution is 7.59. The van der Waals surface area contributed by atoms with Gasteiger partial charge in [-0.1, -0.05) is 23.4 Å². The van der Waals surface area contributed by atoms with Crippen molar-refractivity contribution in [3.05, 3.63) is 35.7 Å². The number of likely N-dealkylation sites (N-methyl/N-ethyl adjacent to an activating group) is 1. The minimum Gasteiger partial charge on any atom is -0.392 e. The van der Waals surface area contributed by atoms with E-state index in [1.807, 2.05) is 19.2 Å². The van der Waals surface area contributed by atoms with Crippen LogP contribution in [0.4, 0.5) is 0 Å². The predicted molar refractivity (Wildman–Crippen MR) is 104 cm³/mol. The number of aromatic nitrogens is 2. The van der Waals surface area contributed by atoms with E-state index in [1.165, 1.54) is 5.56 Å². The number of likely N-dealkylation sites (tertiary alicyclic amines) is 1. The highest BCUT2D eigenvalue weighted by atomic mass is 32.1. The number of β-amino-alcohol motifs (C(OH)–C–C–N with tert-alkyl or cyclic N) is 1. The van der Waals surface area contributed by atoms with E-state index in [1.54, 1.807) is 6.92 Å². The van der Waals surface area contributed by atoms with Crippen LogP contribution in [0.2, 0.25) is 0 Å². The molecule has 0 spiro atoms. The number of nitrogens with one attached hydrogen (secondary N) is 1. The molecule has 2 N–H and O–H groups in total. The maximum Gasteiger partial charge on any atom is 0.223 e. The van der Waals surface area contributed by atoms with Gasteiger partial charge in [0.15, 0.2) is 0 Å². The Morgan fingerprint density at radius 1 is 1.42 bits per heavy atom. The SMILES string of the molecule is CNC(CN1CC[C@@H](O)C1)c1cccc(-c2noc(C)n2)c1.S.S. The molecule has 1 fully saturated rings. The Balaban J connectivity index is 0.00000144. The van der Waals surface area contributed by atoms with E-state index >= 15 is 0 Å². The molecule has 24 heavy (non-hydrogen) atoms. The Morgan fingerprint density at radius 3 is 2.79 bits per heavy atom. The molecule has 134 valence electrons. The molecule has 0 radical (unpaired) electrons. The zero-order valence-electron chi connectivity index (χ0n) is 14.0. The maximum atomic E-state index is 9.66. The van der Waals surface area contributed by atoms with E-state index in [-0.39, 0.29) is 39.1 Å². The summed E-state index contributed by atoms with van der Waals surface area (Å²) in [5.41, 5.74) is 2.14. The summed E-state index contributed by atoms with van der Waals surface area (Å²) >= 11 is 0. The molecule has 6 nitrogen and oxygen atoms in total. The molecule has 1 aromatic carbocycles. The van der Waals surface area contributed by atoms with Crippen LogP contribution in [0.5, 0.6) is 0 Å². The third kappa shape index (κ3) is 4.97. The van der Waals surface area contributed by atoms with Gasteiger partial charge in [0.2, 0.25) is 11.7 Å². The van der Waals surface area contributed by atoms with Crippen LogP contribution in [0.3, 0.4) is 0 Å². The van der Waals surface area contributed by atoms with Gasteiger partial charge in [-0.2, -0.15) is 32.0 Å². The Morgan fingerprint density at radius 2 is 2.21 bits per heavy atom. The summed E-state index contributed by atoms with van der Waals surface area (Å²) in [6, 6.07) is 8.40. The van der Waals surface area contributed by atoms with Crippen LogP contribution in [0.15, 0.2) is 28.8 Å². The van der Waals surface area contributed by atoms with Crippen LogP contribution in [0.1, 0.15) is 23.9 Å². The van der Waals surface area contributed by atoms with Crippen molar-refractivity contribution >= 4 is 27.0 Å². The number of benzene rings is 1. The normalized spacial score (nSPS) is 18.7. The lowest BCUT2D eigenvalue weighted by molar-refractivity contribution is 0.173. The molecule has 1 aliphatic rings. The average molecular weight is 371 g/mol. The van der Waals surface area contributed by atoms with Crippen molar-refractivity contribution in [3.63, 3.8) is 0 Å². The third-order valence-electron chi connectivity index (χ3n) is 4.11. The number of rotatable bonds is 5. The molecule has 1 aromatic heterocycles. The fourth-order valence-corrected chi connectivity index (χ4v) is 2.91. The lowest BCUT2D eigenvalue weighted by Crippen LogP contribution is -2.33. The Labute approximate surface area is 156 Å². The summed E-state index contributed by atoms with van der Waals surface area (Å²) < 4.78 is 5.05. The Hall–Kier alpha value is -1.06. The first-order chi connectivity index (χ1) is 10.7. The van der Waals surface area contributed by atoms with Gasteiger partial charge in [-0.25, -0.2) is 0 Å². The van der Waals surface area contributed by atoms with E-state index < -0.39 is 0 Å². The second-order valence-electron chi connectivity index (χ2n) is 5.81. The zero-order chi connectivity index (χ0) is 15.5. The Bertz CT molecular complexity index is 638. The van der Waals surface area contributed by atoms with Crippen molar-refractivity contribution in [1.29, 1.82) is 0 Å². The number of nitrogens with zero attached hydrogens (tertiary/aromatic N) is 3. The number of aliphatic hydroxyl groups excluding tert-OH is 1. The van der Waals surface area contributed by atoms with Gasteiger partial charge in [0.05, 0.1) is 6.10 Å². The topological polar surface area (TPSA) is 74.4 Å². The first-order valence-electron chi connectivity index (χ1n) is 7.64. The summed E-state index contributed by atoms with van der Waals surface area (Å²) in [7, 11) is 1.96. The monoisotopic (exact) mass is 370 g/mol.